The van der Waals surface area contributed by atoms with Crippen molar-refractivity contribution in [1.29, 1.82) is 0 Å². The van der Waals surface area contributed by atoms with Crippen molar-refractivity contribution in [2.75, 3.05) is 0 Å². The Morgan fingerprint density at radius 2 is 1.75 bits per heavy atom. The molecule has 0 bridgehead atoms. The van der Waals surface area contributed by atoms with Crippen LogP contribution in [0, 0.1) is 0 Å². The first kappa shape index (κ1) is 12.8. The third-order valence-corrected chi connectivity index (χ3v) is 3.34. The van der Waals surface area contributed by atoms with Gasteiger partial charge in [-0.1, -0.05) is 41.9 Å². The van der Waals surface area contributed by atoms with E-state index in [2.05, 4.69) is 9.97 Å². The quantitative estimate of drug-likeness (QED) is 0.663. The van der Waals surface area contributed by atoms with Gasteiger partial charge in [-0.05, 0) is 25.1 Å². The van der Waals surface area contributed by atoms with Crippen LogP contribution < -0.4 is 0 Å². The molecular formula is C16H11ClN2O. The van der Waals surface area contributed by atoms with Crippen LogP contribution in [0.5, 0.6) is 0 Å². The van der Waals surface area contributed by atoms with Crippen LogP contribution >= 0.6 is 11.6 Å². The molecule has 0 unspecified atom stereocenters. The van der Waals surface area contributed by atoms with E-state index in [-0.39, 0.29) is 5.78 Å². The number of aromatic nitrogens is 2. The second kappa shape index (κ2) is 5.02. The highest BCUT2D eigenvalue weighted by Gasteiger charge is 2.10. The predicted molar refractivity (Wildman–Crippen MR) is 80.0 cm³/mol. The Balaban J connectivity index is 2.23. The maximum atomic E-state index is 11.4. The molecule has 0 N–H and O–H groups in total. The van der Waals surface area contributed by atoms with Gasteiger partial charge in [-0.2, -0.15) is 0 Å². The topological polar surface area (TPSA) is 42.9 Å². The summed E-state index contributed by atoms with van der Waals surface area (Å²) in [5.74, 6) is 0.00455. The van der Waals surface area contributed by atoms with Crippen molar-refractivity contribution >= 4 is 28.4 Å². The molecule has 3 rings (SSSR count). The van der Waals surface area contributed by atoms with Crippen LogP contribution in [0.3, 0.4) is 0 Å². The van der Waals surface area contributed by atoms with E-state index in [1.54, 1.807) is 18.2 Å². The molecule has 0 spiro atoms. The van der Waals surface area contributed by atoms with Gasteiger partial charge in [0.25, 0.3) is 0 Å². The lowest BCUT2D eigenvalue weighted by molar-refractivity contribution is 0.101. The molecule has 0 aliphatic heterocycles. The molecule has 0 saturated heterocycles. The number of carbonyl (C=O) groups excluding carboxylic acids is 1. The highest BCUT2D eigenvalue weighted by atomic mass is 35.5. The first-order chi connectivity index (χ1) is 9.65. The third kappa shape index (κ3) is 2.28. The number of hydrogen-bond acceptors (Lipinski definition) is 3. The molecule has 4 heteroatoms. The fraction of sp³-hybridized carbons (Fsp3) is 0.0625. The standard InChI is InChI=1S/C16H11ClN2O/c1-10(20)12-7-8-13-14(9-12)18-15(16(17)19-13)11-5-3-2-4-6-11/h2-9H,1H3. The van der Waals surface area contributed by atoms with Crippen molar-refractivity contribution in [2.24, 2.45) is 0 Å². The maximum Gasteiger partial charge on any atom is 0.159 e. The molecule has 0 atom stereocenters. The zero-order valence-electron chi connectivity index (χ0n) is 10.8. The second-order valence-corrected chi connectivity index (χ2v) is 4.85. The summed E-state index contributed by atoms with van der Waals surface area (Å²) >= 11 is 6.20. The summed E-state index contributed by atoms with van der Waals surface area (Å²) in [5, 5.41) is 0.360. The first-order valence-corrected chi connectivity index (χ1v) is 6.56. The van der Waals surface area contributed by atoms with Crippen molar-refractivity contribution in [3.8, 4) is 11.3 Å². The first-order valence-electron chi connectivity index (χ1n) is 6.19. The van der Waals surface area contributed by atoms with Crippen LogP contribution in [-0.4, -0.2) is 15.8 Å². The zero-order valence-corrected chi connectivity index (χ0v) is 11.6. The summed E-state index contributed by atoms with van der Waals surface area (Å²) in [4.78, 5) is 20.3. The Bertz CT molecular complexity index is 800. The summed E-state index contributed by atoms with van der Waals surface area (Å²) in [7, 11) is 0. The van der Waals surface area contributed by atoms with E-state index in [1.165, 1.54) is 6.92 Å². The Hall–Kier alpha value is -2.26. The van der Waals surface area contributed by atoms with E-state index >= 15 is 0 Å². The molecule has 0 radical (unpaired) electrons. The van der Waals surface area contributed by atoms with E-state index in [4.69, 9.17) is 11.6 Å². The highest BCUT2D eigenvalue weighted by molar-refractivity contribution is 6.32. The van der Waals surface area contributed by atoms with Crippen LogP contribution in [0.25, 0.3) is 22.3 Å². The van der Waals surface area contributed by atoms with Gasteiger partial charge in [0.05, 0.1) is 11.0 Å². The summed E-state index contributed by atoms with van der Waals surface area (Å²) in [6.45, 7) is 1.53. The largest absolute Gasteiger partial charge is 0.295 e. The van der Waals surface area contributed by atoms with Crippen LogP contribution in [0.4, 0.5) is 0 Å². The van der Waals surface area contributed by atoms with Crippen molar-refractivity contribution < 1.29 is 4.79 Å². The Kier molecular flexibility index (Phi) is 3.20. The molecule has 3 nitrogen and oxygen atoms in total. The molecule has 1 heterocycles. The molecular weight excluding hydrogens is 272 g/mol. The maximum absolute atomic E-state index is 11.4. The number of benzene rings is 2. The molecule has 0 aliphatic rings. The number of Topliss-reactive ketones (excluding diaryl/α,β-unsaturated/α-hetero) is 1. The van der Waals surface area contributed by atoms with Gasteiger partial charge in [-0.3, -0.25) is 4.79 Å². The van der Waals surface area contributed by atoms with E-state index in [9.17, 15) is 4.79 Å². The van der Waals surface area contributed by atoms with Gasteiger partial charge in [-0.15, -0.1) is 0 Å². The minimum atomic E-state index is 0.00455. The lowest BCUT2D eigenvalue weighted by Gasteiger charge is -2.06. The fourth-order valence-corrected chi connectivity index (χ4v) is 2.27. The zero-order chi connectivity index (χ0) is 14.1. The van der Waals surface area contributed by atoms with E-state index in [1.807, 2.05) is 30.3 Å². The Morgan fingerprint density at radius 1 is 1.00 bits per heavy atom. The molecule has 0 saturated carbocycles. The van der Waals surface area contributed by atoms with Crippen LogP contribution in [-0.2, 0) is 0 Å². The molecule has 2 aromatic carbocycles. The predicted octanol–water partition coefficient (Wildman–Crippen LogP) is 4.15. The molecule has 0 fully saturated rings. The summed E-state index contributed by atoms with van der Waals surface area (Å²) in [6, 6.07) is 14.9. The molecule has 20 heavy (non-hydrogen) atoms. The van der Waals surface area contributed by atoms with Gasteiger partial charge < -0.3 is 0 Å². The normalized spacial score (nSPS) is 10.7. The molecule has 3 aromatic rings. The van der Waals surface area contributed by atoms with Crippen LogP contribution in [0.1, 0.15) is 17.3 Å². The van der Waals surface area contributed by atoms with Crippen molar-refractivity contribution in [3.63, 3.8) is 0 Å². The fourth-order valence-electron chi connectivity index (χ4n) is 2.03. The summed E-state index contributed by atoms with van der Waals surface area (Å²) < 4.78 is 0. The van der Waals surface area contributed by atoms with Gasteiger partial charge in [0.1, 0.15) is 5.69 Å². The smallest absolute Gasteiger partial charge is 0.159 e. The van der Waals surface area contributed by atoms with Gasteiger partial charge in [0.2, 0.25) is 0 Å². The average Bonchev–Trinajstić information content (AvgIpc) is 2.47. The number of rotatable bonds is 2. The van der Waals surface area contributed by atoms with Crippen LogP contribution in [0.15, 0.2) is 48.5 Å². The lowest BCUT2D eigenvalue weighted by atomic mass is 10.1. The second-order valence-electron chi connectivity index (χ2n) is 4.49. The van der Waals surface area contributed by atoms with Gasteiger partial charge in [-0.25, -0.2) is 9.97 Å². The van der Waals surface area contributed by atoms with Crippen molar-refractivity contribution in [1.82, 2.24) is 9.97 Å². The number of hydrogen-bond donors (Lipinski definition) is 0. The SMILES string of the molecule is CC(=O)c1ccc2nc(Cl)c(-c3ccccc3)nc2c1. The Morgan fingerprint density at radius 3 is 2.45 bits per heavy atom. The minimum absolute atomic E-state index is 0.00455. The highest BCUT2D eigenvalue weighted by Crippen LogP contribution is 2.26. The number of nitrogens with zero attached hydrogens (tertiary/aromatic N) is 2. The summed E-state index contributed by atoms with van der Waals surface area (Å²) in [6.07, 6.45) is 0. The monoisotopic (exact) mass is 282 g/mol. The third-order valence-electron chi connectivity index (χ3n) is 3.08. The lowest BCUT2D eigenvalue weighted by Crippen LogP contribution is -1.95. The van der Waals surface area contributed by atoms with Gasteiger partial charge in [0.15, 0.2) is 10.9 Å². The molecule has 0 amide bonds. The number of ketones is 1. The Labute approximate surface area is 121 Å². The average molecular weight is 283 g/mol. The van der Waals surface area contributed by atoms with E-state index < -0.39 is 0 Å². The van der Waals surface area contributed by atoms with Crippen LogP contribution in [0.2, 0.25) is 5.15 Å². The van der Waals surface area contributed by atoms with Gasteiger partial charge in [0, 0.05) is 11.1 Å². The minimum Gasteiger partial charge on any atom is -0.295 e. The molecule has 1 aromatic heterocycles. The number of fused-ring (bicyclic) bond motifs is 1. The molecule has 98 valence electrons. The number of carbonyl (C=O) groups is 1. The van der Waals surface area contributed by atoms with Gasteiger partial charge >= 0.3 is 0 Å². The number of halogens is 1. The van der Waals surface area contributed by atoms with E-state index in [0.29, 0.717) is 27.4 Å². The molecule has 0 aliphatic carbocycles. The van der Waals surface area contributed by atoms with Crippen molar-refractivity contribution in [2.45, 2.75) is 6.92 Å². The van der Waals surface area contributed by atoms with Crippen molar-refractivity contribution in [3.05, 3.63) is 59.2 Å². The van der Waals surface area contributed by atoms with E-state index in [0.717, 1.165) is 5.56 Å². The summed E-state index contributed by atoms with van der Waals surface area (Å²) in [5.41, 5.74) is 3.49.